The summed E-state index contributed by atoms with van der Waals surface area (Å²) in [6.07, 6.45) is 4.59. The van der Waals surface area contributed by atoms with Gasteiger partial charge in [0.05, 0.1) is 0 Å². The van der Waals surface area contributed by atoms with Crippen LogP contribution in [0.4, 0.5) is 0 Å². The lowest BCUT2D eigenvalue weighted by Gasteiger charge is -2.27. The van der Waals surface area contributed by atoms with Crippen LogP contribution in [0.15, 0.2) is 0 Å². The lowest BCUT2D eigenvalue weighted by molar-refractivity contribution is -0.147. The molecule has 16 heavy (non-hydrogen) atoms. The highest BCUT2D eigenvalue weighted by atomic mass is 16.4. The molecule has 90 valence electrons. The molecule has 0 radical (unpaired) electrons. The highest BCUT2D eigenvalue weighted by Crippen LogP contribution is 2.48. The van der Waals surface area contributed by atoms with Crippen LogP contribution < -0.4 is 0 Å². The van der Waals surface area contributed by atoms with E-state index in [9.17, 15) is 9.59 Å². The third-order valence-electron chi connectivity index (χ3n) is 4.07. The Kier molecular flexibility index (Phi) is 3.17. The lowest BCUT2D eigenvalue weighted by Crippen LogP contribution is -2.41. The number of carbonyl (C=O) groups is 2. The Labute approximate surface area is 95.6 Å². The molecule has 0 aliphatic heterocycles. The first-order valence-corrected chi connectivity index (χ1v) is 6.12. The number of fused-ring (bicyclic) bond motifs is 2. The van der Waals surface area contributed by atoms with E-state index in [1.807, 2.05) is 6.92 Å². The van der Waals surface area contributed by atoms with Crippen LogP contribution in [0.5, 0.6) is 0 Å². The van der Waals surface area contributed by atoms with E-state index in [0.29, 0.717) is 12.5 Å². The average Bonchev–Trinajstić information content (AvgIpc) is 2.86. The van der Waals surface area contributed by atoms with Gasteiger partial charge in [-0.15, -0.1) is 0 Å². The van der Waals surface area contributed by atoms with Crippen molar-refractivity contribution in [3.8, 4) is 0 Å². The van der Waals surface area contributed by atoms with Gasteiger partial charge in [-0.2, -0.15) is 0 Å². The van der Waals surface area contributed by atoms with Crippen LogP contribution in [0.1, 0.15) is 32.6 Å². The lowest BCUT2D eigenvalue weighted by atomic mass is 9.88. The van der Waals surface area contributed by atoms with Crippen LogP contribution in [0.2, 0.25) is 0 Å². The predicted octanol–water partition coefficient (Wildman–Crippen LogP) is 1.36. The number of aliphatic carboxylic acids is 1. The van der Waals surface area contributed by atoms with Crippen molar-refractivity contribution < 1.29 is 14.7 Å². The van der Waals surface area contributed by atoms with Crippen molar-refractivity contribution in [2.24, 2.45) is 17.8 Å². The van der Waals surface area contributed by atoms with Gasteiger partial charge < -0.3 is 10.0 Å². The fourth-order valence-electron chi connectivity index (χ4n) is 3.29. The Morgan fingerprint density at radius 3 is 2.50 bits per heavy atom. The zero-order valence-electron chi connectivity index (χ0n) is 9.69. The molecule has 0 spiro atoms. The zero-order valence-corrected chi connectivity index (χ0v) is 9.69. The molecule has 4 heteroatoms. The van der Waals surface area contributed by atoms with Crippen LogP contribution in [-0.4, -0.2) is 35.0 Å². The number of hydrogen-bond acceptors (Lipinski definition) is 2. The fourth-order valence-corrected chi connectivity index (χ4v) is 3.29. The molecule has 3 unspecified atom stereocenters. The second-order valence-corrected chi connectivity index (χ2v) is 5.03. The molecule has 2 aliphatic rings. The Bertz CT molecular complexity index is 303. The number of carboxylic acid groups (broad SMARTS) is 1. The van der Waals surface area contributed by atoms with Crippen molar-refractivity contribution in [3.63, 3.8) is 0 Å². The van der Waals surface area contributed by atoms with Gasteiger partial charge in [0, 0.05) is 12.5 Å². The van der Waals surface area contributed by atoms with E-state index in [4.69, 9.17) is 5.11 Å². The number of carboxylic acids is 1. The van der Waals surface area contributed by atoms with Crippen LogP contribution in [0.3, 0.4) is 0 Å². The van der Waals surface area contributed by atoms with Gasteiger partial charge in [0.1, 0.15) is 6.54 Å². The number of nitrogens with zero attached hydrogens (tertiary/aromatic N) is 1. The molecular weight excluding hydrogens is 206 g/mol. The SMILES string of the molecule is CCN(CC(=O)O)C(=O)C1CC2CCC1C2. The van der Waals surface area contributed by atoms with Gasteiger partial charge in [-0.1, -0.05) is 6.42 Å². The monoisotopic (exact) mass is 225 g/mol. The Balaban J connectivity index is 1.97. The van der Waals surface area contributed by atoms with Crippen molar-refractivity contribution in [1.82, 2.24) is 4.90 Å². The average molecular weight is 225 g/mol. The normalized spacial score (nSPS) is 31.7. The number of hydrogen-bond donors (Lipinski definition) is 1. The van der Waals surface area contributed by atoms with Gasteiger partial charge in [0.25, 0.3) is 0 Å². The second-order valence-electron chi connectivity index (χ2n) is 5.03. The molecule has 0 aromatic rings. The quantitative estimate of drug-likeness (QED) is 0.785. The number of rotatable bonds is 4. The summed E-state index contributed by atoms with van der Waals surface area (Å²) in [4.78, 5) is 24.3. The number of carbonyl (C=O) groups excluding carboxylic acids is 1. The predicted molar refractivity (Wildman–Crippen MR) is 58.8 cm³/mol. The van der Waals surface area contributed by atoms with Crippen molar-refractivity contribution >= 4 is 11.9 Å². The maximum absolute atomic E-state index is 12.2. The summed E-state index contributed by atoms with van der Waals surface area (Å²) >= 11 is 0. The molecule has 0 saturated heterocycles. The summed E-state index contributed by atoms with van der Waals surface area (Å²) in [6.45, 7) is 2.19. The van der Waals surface area contributed by atoms with Crippen molar-refractivity contribution in [1.29, 1.82) is 0 Å². The molecule has 2 saturated carbocycles. The summed E-state index contributed by atoms with van der Waals surface area (Å²) in [5.41, 5.74) is 0. The highest BCUT2D eigenvalue weighted by Gasteiger charge is 2.44. The molecule has 0 heterocycles. The first-order valence-electron chi connectivity index (χ1n) is 6.12. The van der Waals surface area contributed by atoms with Gasteiger partial charge in [0.2, 0.25) is 5.91 Å². The summed E-state index contributed by atoms with van der Waals surface area (Å²) in [5, 5.41) is 8.74. The van der Waals surface area contributed by atoms with E-state index in [2.05, 4.69) is 0 Å². The van der Waals surface area contributed by atoms with Gasteiger partial charge in [-0.05, 0) is 38.0 Å². The summed E-state index contributed by atoms with van der Waals surface area (Å²) in [5.74, 6) is 0.510. The fraction of sp³-hybridized carbons (Fsp3) is 0.833. The van der Waals surface area contributed by atoms with E-state index in [0.717, 1.165) is 18.8 Å². The summed E-state index contributed by atoms with van der Waals surface area (Å²) in [6, 6.07) is 0. The highest BCUT2D eigenvalue weighted by molar-refractivity contribution is 5.83. The Hall–Kier alpha value is -1.06. The first kappa shape index (κ1) is 11.4. The molecule has 0 aromatic heterocycles. The van der Waals surface area contributed by atoms with E-state index < -0.39 is 5.97 Å². The van der Waals surface area contributed by atoms with Crippen molar-refractivity contribution in [3.05, 3.63) is 0 Å². The molecule has 1 amide bonds. The largest absolute Gasteiger partial charge is 0.480 e. The third kappa shape index (κ3) is 2.06. The molecule has 2 rings (SSSR count). The molecule has 3 atom stereocenters. The maximum Gasteiger partial charge on any atom is 0.323 e. The van der Waals surface area contributed by atoms with E-state index >= 15 is 0 Å². The summed E-state index contributed by atoms with van der Waals surface area (Å²) < 4.78 is 0. The second kappa shape index (κ2) is 4.44. The molecule has 2 fully saturated rings. The molecule has 2 aliphatic carbocycles. The van der Waals surface area contributed by atoms with Crippen LogP contribution in [-0.2, 0) is 9.59 Å². The standard InChI is InChI=1S/C12H19NO3/c1-2-13(7-11(14)15)12(16)10-6-8-3-4-9(10)5-8/h8-10H,2-7H2,1H3,(H,14,15). The molecule has 1 N–H and O–H groups in total. The maximum atomic E-state index is 12.2. The van der Waals surface area contributed by atoms with Gasteiger partial charge in [0.15, 0.2) is 0 Å². The first-order chi connectivity index (χ1) is 7.61. The van der Waals surface area contributed by atoms with E-state index in [1.54, 1.807) is 0 Å². The van der Waals surface area contributed by atoms with Crippen LogP contribution in [0.25, 0.3) is 0 Å². The smallest absolute Gasteiger partial charge is 0.323 e. The van der Waals surface area contributed by atoms with E-state index in [-0.39, 0.29) is 18.4 Å². The van der Waals surface area contributed by atoms with E-state index in [1.165, 1.54) is 17.7 Å². The third-order valence-corrected chi connectivity index (χ3v) is 4.07. The number of likely N-dealkylation sites (N-methyl/N-ethyl adjacent to an activating group) is 1. The summed E-state index contributed by atoms with van der Waals surface area (Å²) in [7, 11) is 0. The van der Waals surface area contributed by atoms with Gasteiger partial charge in [-0.25, -0.2) is 0 Å². The molecular formula is C12H19NO3. The van der Waals surface area contributed by atoms with Gasteiger partial charge in [-0.3, -0.25) is 9.59 Å². The molecule has 0 aromatic carbocycles. The minimum atomic E-state index is -0.918. The van der Waals surface area contributed by atoms with Crippen molar-refractivity contribution in [2.45, 2.75) is 32.6 Å². The topological polar surface area (TPSA) is 57.6 Å². The van der Waals surface area contributed by atoms with Crippen LogP contribution in [0, 0.1) is 17.8 Å². The van der Waals surface area contributed by atoms with Gasteiger partial charge >= 0.3 is 5.97 Å². The number of amides is 1. The van der Waals surface area contributed by atoms with Crippen LogP contribution >= 0.6 is 0 Å². The minimum Gasteiger partial charge on any atom is -0.480 e. The Morgan fingerprint density at radius 2 is 2.06 bits per heavy atom. The minimum absolute atomic E-state index is 0.0668. The molecule has 2 bridgehead atoms. The van der Waals surface area contributed by atoms with Crippen molar-refractivity contribution in [2.75, 3.05) is 13.1 Å². The Morgan fingerprint density at radius 1 is 1.31 bits per heavy atom. The molecule has 4 nitrogen and oxygen atoms in total. The zero-order chi connectivity index (χ0) is 11.7.